The molecule has 5 nitrogen and oxygen atoms in total. The van der Waals surface area contributed by atoms with Crippen LogP contribution >= 0.6 is 0 Å². The standard InChI is InChI=1S/C17H26FN3O2/c1-19-7-3-4-17(22)21-10-8-20(9-11-21)13-14-5-6-16(23-2)15(18)12-14/h5-6,12,19H,3-4,7-11,13H2,1-2H3. The van der Waals surface area contributed by atoms with Gasteiger partial charge in [0.15, 0.2) is 11.6 Å². The largest absolute Gasteiger partial charge is 0.494 e. The fourth-order valence-corrected chi connectivity index (χ4v) is 2.80. The van der Waals surface area contributed by atoms with E-state index in [2.05, 4.69) is 10.2 Å². The van der Waals surface area contributed by atoms with Crippen LogP contribution in [0.3, 0.4) is 0 Å². The first-order chi connectivity index (χ1) is 11.1. The third kappa shape index (κ3) is 5.18. The Bertz CT molecular complexity index is 517. The Morgan fingerprint density at radius 3 is 2.65 bits per heavy atom. The Labute approximate surface area is 137 Å². The third-order valence-electron chi connectivity index (χ3n) is 4.16. The molecule has 1 aromatic carbocycles. The average molecular weight is 323 g/mol. The van der Waals surface area contributed by atoms with E-state index in [-0.39, 0.29) is 17.5 Å². The number of carbonyl (C=O) groups excluding carboxylic acids is 1. The maximum absolute atomic E-state index is 13.7. The highest BCUT2D eigenvalue weighted by atomic mass is 19.1. The van der Waals surface area contributed by atoms with E-state index in [1.165, 1.54) is 13.2 Å². The molecule has 128 valence electrons. The minimum Gasteiger partial charge on any atom is -0.494 e. The number of halogens is 1. The van der Waals surface area contributed by atoms with E-state index in [0.29, 0.717) is 13.0 Å². The highest BCUT2D eigenvalue weighted by Gasteiger charge is 2.20. The molecule has 6 heteroatoms. The minimum atomic E-state index is -0.330. The minimum absolute atomic E-state index is 0.232. The lowest BCUT2D eigenvalue weighted by Crippen LogP contribution is -2.48. The molecule has 0 bridgehead atoms. The van der Waals surface area contributed by atoms with E-state index in [4.69, 9.17) is 4.74 Å². The summed E-state index contributed by atoms with van der Waals surface area (Å²) in [5.41, 5.74) is 0.928. The lowest BCUT2D eigenvalue weighted by atomic mass is 10.1. The van der Waals surface area contributed by atoms with E-state index in [9.17, 15) is 9.18 Å². The Balaban J connectivity index is 1.78. The van der Waals surface area contributed by atoms with Crippen molar-refractivity contribution >= 4 is 5.91 Å². The number of ether oxygens (including phenoxy) is 1. The number of hydrogen-bond donors (Lipinski definition) is 1. The molecule has 0 atom stereocenters. The van der Waals surface area contributed by atoms with Crippen LogP contribution in [-0.4, -0.2) is 62.6 Å². The van der Waals surface area contributed by atoms with Gasteiger partial charge in [0.05, 0.1) is 7.11 Å². The van der Waals surface area contributed by atoms with Gasteiger partial charge in [-0.25, -0.2) is 4.39 Å². The lowest BCUT2D eigenvalue weighted by molar-refractivity contribution is -0.133. The molecule has 0 aliphatic carbocycles. The van der Waals surface area contributed by atoms with Crippen molar-refractivity contribution < 1.29 is 13.9 Å². The second kappa shape index (κ2) is 8.84. The van der Waals surface area contributed by atoms with Crippen molar-refractivity contribution in [2.45, 2.75) is 19.4 Å². The molecular weight excluding hydrogens is 297 g/mol. The summed E-state index contributed by atoms with van der Waals surface area (Å²) in [6, 6.07) is 5.07. The monoisotopic (exact) mass is 323 g/mol. The fraction of sp³-hybridized carbons (Fsp3) is 0.588. The summed E-state index contributed by atoms with van der Waals surface area (Å²) in [7, 11) is 3.36. The van der Waals surface area contributed by atoms with Gasteiger partial charge in [-0.2, -0.15) is 0 Å². The molecule has 2 rings (SSSR count). The molecule has 1 aliphatic heterocycles. The summed E-state index contributed by atoms with van der Waals surface area (Å²) >= 11 is 0. The second-order valence-corrected chi connectivity index (χ2v) is 5.83. The Hall–Kier alpha value is -1.66. The molecule has 1 aliphatic rings. The molecule has 1 amide bonds. The van der Waals surface area contributed by atoms with Gasteiger partial charge in [-0.1, -0.05) is 6.07 Å². The normalized spacial score (nSPS) is 15.7. The van der Waals surface area contributed by atoms with E-state index in [1.54, 1.807) is 6.07 Å². The summed E-state index contributed by atoms with van der Waals surface area (Å²) in [5.74, 6) is 0.171. The van der Waals surface area contributed by atoms with Gasteiger partial charge in [0.25, 0.3) is 0 Å². The van der Waals surface area contributed by atoms with Crippen molar-refractivity contribution in [3.63, 3.8) is 0 Å². The molecule has 0 unspecified atom stereocenters. The zero-order valence-electron chi connectivity index (χ0n) is 14.0. The van der Waals surface area contributed by atoms with Crippen LogP contribution in [0.15, 0.2) is 18.2 Å². The molecule has 23 heavy (non-hydrogen) atoms. The van der Waals surface area contributed by atoms with E-state index in [1.807, 2.05) is 18.0 Å². The predicted octanol–water partition coefficient (Wildman–Crippen LogP) is 1.48. The van der Waals surface area contributed by atoms with Crippen molar-refractivity contribution in [1.82, 2.24) is 15.1 Å². The first-order valence-corrected chi connectivity index (χ1v) is 8.11. The molecule has 0 spiro atoms. The number of nitrogens with zero attached hydrogens (tertiary/aromatic N) is 2. The van der Waals surface area contributed by atoms with Gasteiger partial charge in [-0.15, -0.1) is 0 Å². The van der Waals surface area contributed by atoms with Crippen molar-refractivity contribution in [2.75, 3.05) is 46.9 Å². The zero-order valence-corrected chi connectivity index (χ0v) is 14.0. The summed E-state index contributed by atoms with van der Waals surface area (Å²) in [6.07, 6.45) is 1.48. The number of benzene rings is 1. The summed E-state index contributed by atoms with van der Waals surface area (Å²) in [5, 5.41) is 3.05. The number of hydrogen-bond acceptors (Lipinski definition) is 4. The molecule has 1 heterocycles. The molecule has 0 aromatic heterocycles. The average Bonchev–Trinajstić information content (AvgIpc) is 2.56. The van der Waals surface area contributed by atoms with Crippen LogP contribution in [-0.2, 0) is 11.3 Å². The number of rotatable bonds is 7. The van der Waals surface area contributed by atoms with Crippen molar-refractivity contribution in [1.29, 1.82) is 0 Å². The molecule has 1 aromatic rings. The van der Waals surface area contributed by atoms with Crippen LogP contribution in [0.2, 0.25) is 0 Å². The summed E-state index contributed by atoms with van der Waals surface area (Å²) < 4.78 is 18.7. The van der Waals surface area contributed by atoms with Crippen LogP contribution in [0.25, 0.3) is 0 Å². The molecule has 1 saturated heterocycles. The Morgan fingerprint density at radius 1 is 1.30 bits per heavy atom. The van der Waals surface area contributed by atoms with Gasteiger partial charge in [-0.3, -0.25) is 9.69 Å². The van der Waals surface area contributed by atoms with Gasteiger partial charge < -0.3 is 15.0 Å². The topological polar surface area (TPSA) is 44.8 Å². The molecular formula is C17H26FN3O2. The number of carbonyl (C=O) groups is 1. The number of nitrogens with one attached hydrogen (secondary N) is 1. The van der Waals surface area contributed by atoms with Crippen LogP contribution < -0.4 is 10.1 Å². The smallest absolute Gasteiger partial charge is 0.222 e. The molecule has 1 fully saturated rings. The highest BCUT2D eigenvalue weighted by Crippen LogP contribution is 2.19. The van der Waals surface area contributed by atoms with Gasteiger partial charge in [0, 0.05) is 39.1 Å². The second-order valence-electron chi connectivity index (χ2n) is 5.83. The molecule has 0 saturated carbocycles. The third-order valence-corrected chi connectivity index (χ3v) is 4.16. The van der Waals surface area contributed by atoms with E-state index < -0.39 is 0 Å². The zero-order chi connectivity index (χ0) is 16.7. The van der Waals surface area contributed by atoms with Gasteiger partial charge in [0.1, 0.15) is 0 Å². The van der Waals surface area contributed by atoms with Crippen LogP contribution in [0.4, 0.5) is 4.39 Å². The SMILES string of the molecule is CNCCCC(=O)N1CCN(Cc2ccc(OC)c(F)c2)CC1. The Morgan fingerprint density at radius 2 is 2.04 bits per heavy atom. The highest BCUT2D eigenvalue weighted by molar-refractivity contribution is 5.76. The molecule has 0 radical (unpaired) electrons. The Kier molecular flexibility index (Phi) is 6.80. The number of amides is 1. The van der Waals surface area contributed by atoms with Crippen LogP contribution in [0.1, 0.15) is 18.4 Å². The van der Waals surface area contributed by atoms with Crippen molar-refractivity contribution in [3.05, 3.63) is 29.6 Å². The van der Waals surface area contributed by atoms with Gasteiger partial charge >= 0.3 is 0 Å². The van der Waals surface area contributed by atoms with E-state index in [0.717, 1.165) is 44.7 Å². The predicted molar refractivity (Wildman–Crippen MR) is 88.0 cm³/mol. The summed E-state index contributed by atoms with van der Waals surface area (Å²) in [6.45, 7) is 4.71. The maximum Gasteiger partial charge on any atom is 0.222 e. The first kappa shape index (κ1) is 17.7. The summed E-state index contributed by atoms with van der Waals surface area (Å²) in [4.78, 5) is 16.2. The molecule has 1 N–H and O–H groups in total. The number of piperazine rings is 1. The quantitative estimate of drug-likeness (QED) is 0.772. The number of methoxy groups -OCH3 is 1. The van der Waals surface area contributed by atoms with Crippen molar-refractivity contribution in [3.8, 4) is 5.75 Å². The van der Waals surface area contributed by atoms with E-state index >= 15 is 0 Å². The van der Waals surface area contributed by atoms with Crippen molar-refractivity contribution in [2.24, 2.45) is 0 Å². The lowest BCUT2D eigenvalue weighted by Gasteiger charge is -2.34. The fourth-order valence-electron chi connectivity index (χ4n) is 2.80. The van der Waals surface area contributed by atoms with Gasteiger partial charge in [0.2, 0.25) is 5.91 Å². The van der Waals surface area contributed by atoms with Crippen LogP contribution in [0.5, 0.6) is 5.75 Å². The van der Waals surface area contributed by atoms with Crippen LogP contribution in [0, 0.1) is 5.82 Å². The van der Waals surface area contributed by atoms with Gasteiger partial charge in [-0.05, 0) is 37.7 Å². The first-order valence-electron chi connectivity index (χ1n) is 8.11. The maximum atomic E-state index is 13.7.